The molecule has 0 aromatic heterocycles. The molecular weight excluding hydrogens is 520 g/mol. The predicted molar refractivity (Wildman–Crippen MR) is 195 cm³/mol. The monoisotopic (exact) mass is 591 g/mol. The van der Waals surface area contributed by atoms with Crippen LogP contribution in [0, 0.1) is 70.5 Å². The molecule has 5 atom stereocenters. The van der Waals surface area contributed by atoms with Gasteiger partial charge in [0.05, 0.1) is 11.5 Å². The summed E-state index contributed by atoms with van der Waals surface area (Å²) in [6.07, 6.45) is 36.1. The summed E-state index contributed by atoms with van der Waals surface area (Å²) in [6.45, 7) is 25.6. The van der Waals surface area contributed by atoms with Crippen molar-refractivity contribution in [1.82, 2.24) is 0 Å². The highest BCUT2D eigenvalue weighted by atomic mass is 14.6. The molecule has 2 nitrogen and oxygen atoms in total. The van der Waals surface area contributed by atoms with E-state index in [1.807, 2.05) is 0 Å². The number of nitrogens with zero attached hydrogens (tertiary/aromatic N) is 1. The molecule has 2 rings (SSSR count). The second-order valence-corrected chi connectivity index (χ2v) is 13.9. The maximum atomic E-state index is 9.81. The second-order valence-electron chi connectivity index (χ2n) is 13.9. The van der Waals surface area contributed by atoms with E-state index in [9.17, 15) is 5.26 Å². The van der Waals surface area contributed by atoms with Gasteiger partial charge in [-0.25, -0.2) is 0 Å². The highest BCUT2D eigenvalue weighted by Gasteiger charge is 2.51. The molecule has 2 fully saturated rings. The summed E-state index contributed by atoms with van der Waals surface area (Å²) in [6, 6.07) is 2.87. The van der Waals surface area contributed by atoms with Crippen molar-refractivity contribution < 1.29 is 0 Å². The van der Waals surface area contributed by atoms with Crippen molar-refractivity contribution in [3.63, 3.8) is 0 Å². The summed E-state index contributed by atoms with van der Waals surface area (Å²) in [5.41, 5.74) is 8.86. The zero-order valence-corrected chi connectivity index (χ0v) is 29.1. The molecule has 2 N–H and O–H groups in total. The Hall–Kier alpha value is -2.47. The van der Waals surface area contributed by atoms with E-state index in [0.717, 1.165) is 25.7 Å². The van der Waals surface area contributed by atoms with Crippen molar-refractivity contribution in [1.29, 1.82) is 5.26 Å². The Morgan fingerprint density at radius 3 is 2.28 bits per heavy atom. The van der Waals surface area contributed by atoms with Crippen LogP contribution in [0.1, 0.15) is 140 Å². The van der Waals surface area contributed by atoms with Gasteiger partial charge in [0.15, 0.2) is 0 Å². The van der Waals surface area contributed by atoms with E-state index >= 15 is 0 Å². The fourth-order valence-corrected chi connectivity index (χ4v) is 6.77. The molecule has 2 aliphatic carbocycles. The van der Waals surface area contributed by atoms with Crippen LogP contribution in [0.25, 0.3) is 0 Å². The Kier molecular flexibility index (Phi) is 24.0. The minimum absolute atomic E-state index is 0. The van der Waals surface area contributed by atoms with Gasteiger partial charge in [-0.1, -0.05) is 76.0 Å². The number of nitriles is 1. The summed E-state index contributed by atoms with van der Waals surface area (Å²) in [5.74, 6) is 4.72. The molecule has 2 aliphatic rings. The van der Waals surface area contributed by atoms with E-state index in [1.54, 1.807) is 5.57 Å². The zero-order chi connectivity index (χ0) is 33.0. The molecule has 43 heavy (non-hydrogen) atoms. The molecule has 5 unspecified atom stereocenters. The smallest absolute Gasteiger partial charge is 0.0684 e. The zero-order valence-electron chi connectivity index (χ0n) is 29.1. The van der Waals surface area contributed by atoms with Gasteiger partial charge in [0.2, 0.25) is 0 Å². The molecule has 0 saturated heterocycles. The second kappa shape index (κ2) is 23.0. The Bertz CT molecular complexity index is 942. The van der Waals surface area contributed by atoms with E-state index in [0.29, 0.717) is 29.2 Å². The SMILES string of the molecule is C.C#C.C#CC(C)(C)/C=C/CC(CC(C)(C)C#N)C1CCC2/C(=C/C=C(\C)CCCC(C)N)CCCC21C.C=C.CCC. The lowest BCUT2D eigenvalue weighted by Gasteiger charge is -2.45. The van der Waals surface area contributed by atoms with Gasteiger partial charge in [-0.15, -0.1) is 32.4 Å². The molecule has 0 heterocycles. The fourth-order valence-electron chi connectivity index (χ4n) is 6.77. The van der Waals surface area contributed by atoms with Crippen molar-refractivity contribution >= 4 is 0 Å². The average Bonchev–Trinajstić information content (AvgIpc) is 3.31. The Morgan fingerprint density at radius 1 is 1.19 bits per heavy atom. The molecule has 0 aromatic carbocycles. The average molecular weight is 591 g/mol. The van der Waals surface area contributed by atoms with Gasteiger partial charge in [0, 0.05) is 11.5 Å². The van der Waals surface area contributed by atoms with Gasteiger partial charge < -0.3 is 5.73 Å². The number of allylic oxidation sites excluding steroid dienone is 6. The Balaban J connectivity index is -0.00000184. The minimum Gasteiger partial charge on any atom is -0.328 e. The molecular formula is C41H70N2. The number of hydrogen-bond donors (Lipinski definition) is 1. The number of nitrogens with two attached hydrogens (primary N) is 1. The third kappa shape index (κ3) is 16.3. The highest BCUT2D eigenvalue weighted by molar-refractivity contribution is 5.25. The van der Waals surface area contributed by atoms with Crippen molar-refractivity contribution in [3.8, 4) is 31.3 Å². The van der Waals surface area contributed by atoms with Crippen molar-refractivity contribution in [3.05, 3.63) is 48.6 Å². The van der Waals surface area contributed by atoms with Gasteiger partial charge in [-0.2, -0.15) is 5.26 Å². The molecule has 0 aliphatic heterocycles. The molecule has 0 spiro atoms. The number of terminal acetylenes is 2. The number of hydrogen-bond acceptors (Lipinski definition) is 2. The van der Waals surface area contributed by atoms with Crippen LogP contribution < -0.4 is 5.73 Å². The Labute approximate surface area is 270 Å². The standard InChI is InChI=1S/C33H52N2.C3H8.C2H4.C2H2.CH4/c1-9-31(4,5)21-11-16-28(23-32(6,7)24-34)30-20-19-29-27(15-12-22-33(29,30)8)18-17-25(2)13-10-14-26(3)35;1-3-2;2*1-2;/h1,11,17-18,21,26,28-30H,10,12-16,19-20,22-23,35H2,2-8H3;3H2,1-2H3;1-2H2;1-2H;1H4/b21-11+,25-17+,27-18+;;;;. The fraction of sp³-hybridized carbons (Fsp3) is 0.683. The summed E-state index contributed by atoms with van der Waals surface area (Å²) in [5, 5.41) is 9.81. The number of rotatable bonds is 11. The molecule has 244 valence electrons. The predicted octanol–water partition coefficient (Wildman–Crippen LogP) is 11.9. The first kappa shape index (κ1) is 45.0. The largest absolute Gasteiger partial charge is 0.328 e. The molecule has 0 radical (unpaired) electrons. The molecule has 0 amide bonds. The first-order valence-electron chi connectivity index (χ1n) is 16.3. The van der Waals surface area contributed by atoms with Gasteiger partial charge >= 0.3 is 0 Å². The third-order valence-electron chi connectivity index (χ3n) is 8.84. The molecule has 0 aromatic rings. The van der Waals surface area contributed by atoms with Crippen LogP contribution in [0.5, 0.6) is 0 Å². The van der Waals surface area contributed by atoms with E-state index in [1.165, 1.54) is 50.5 Å². The lowest BCUT2D eigenvalue weighted by Crippen LogP contribution is -2.37. The van der Waals surface area contributed by atoms with E-state index in [4.69, 9.17) is 12.2 Å². The van der Waals surface area contributed by atoms with E-state index in [-0.39, 0.29) is 18.3 Å². The van der Waals surface area contributed by atoms with Crippen LogP contribution in [0.3, 0.4) is 0 Å². The minimum atomic E-state index is -0.303. The lowest BCUT2D eigenvalue weighted by molar-refractivity contribution is 0.0774. The topological polar surface area (TPSA) is 49.8 Å². The maximum absolute atomic E-state index is 9.81. The first-order chi connectivity index (χ1) is 19.7. The van der Waals surface area contributed by atoms with E-state index < -0.39 is 0 Å². The Morgan fingerprint density at radius 2 is 1.77 bits per heavy atom. The number of fused-ring (bicyclic) bond motifs is 1. The molecule has 0 bridgehead atoms. The van der Waals surface area contributed by atoms with Gasteiger partial charge in [-0.05, 0) is 129 Å². The normalized spacial score (nSPS) is 23.8. The van der Waals surface area contributed by atoms with Crippen LogP contribution in [-0.2, 0) is 0 Å². The van der Waals surface area contributed by atoms with Crippen LogP contribution in [0.15, 0.2) is 48.6 Å². The third-order valence-corrected chi connectivity index (χ3v) is 8.84. The van der Waals surface area contributed by atoms with E-state index in [2.05, 4.69) is 125 Å². The van der Waals surface area contributed by atoms with Crippen LogP contribution in [-0.4, -0.2) is 6.04 Å². The van der Waals surface area contributed by atoms with Gasteiger partial charge in [-0.3, -0.25) is 0 Å². The summed E-state index contributed by atoms with van der Waals surface area (Å²) >= 11 is 0. The van der Waals surface area contributed by atoms with Crippen molar-refractivity contribution in [2.24, 2.45) is 39.7 Å². The highest BCUT2D eigenvalue weighted by Crippen LogP contribution is 2.61. The summed E-state index contributed by atoms with van der Waals surface area (Å²) in [4.78, 5) is 0. The van der Waals surface area contributed by atoms with Gasteiger partial charge in [0.25, 0.3) is 0 Å². The van der Waals surface area contributed by atoms with Gasteiger partial charge in [0.1, 0.15) is 0 Å². The first-order valence-corrected chi connectivity index (χ1v) is 16.3. The quantitative estimate of drug-likeness (QED) is 0.192. The van der Waals surface area contributed by atoms with Crippen molar-refractivity contribution in [2.75, 3.05) is 0 Å². The van der Waals surface area contributed by atoms with Crippen LogP contribution in [0.4, 0.5) is 0 Å². The molecule has 2 saturated carbocycles. The van der Waals surface area contributed by atoms with Crippen LogP contribution in [0.2, 0.25) is 0 Å². The van der Waals surface area contributed by atoms with Crippen LogP contribution >= 0.6 is 0 Å². The maximum Gasteiger partial charge on any atom is 0.0684 e. The van der Waals surface area contributed by atoms with Crippen molar-refractivity contribution in [2.45, 2.75) is 146 Å². The summed E-state index contributed by atoms with van der Waals surface area (Å²) in [7, 11) is 0. The lowest BCUT2D eigenvalue weighted by atomic mass is 9.59. The summed E-state index contributed by atoms with van der Waals surface area (Å²) < 4.78 is 0. The molecule has 2 heteroatoms.